The molecule has 1 aromatic heterocycles. The Morgan fingerprint density at radius 3 is 2.36 bits per heavy atom. The summed E-state index contributed by atoms with van der Waals surface area (Å²) in [5.74, 6) is 0.924. The lowest BCUT2D eigenvalue weighted by molar-refractivity contribution is 0.254. The highest BCUT2D eigenvalue weighted by atomic mass is 35.5. The summed E-state index contributed by atoms with van der Waals surface area (Å²) >= 11 is 5.78. The fourth-order valence-electron chi connectivity index (χ4n) is 2.83. The van der Waals surface area contributed by atoms with E-state index in [0.29, 0.717) is 5.15 Å². The minimum atomic E-state index is 0.447. The summed E-state index contributed by atoms with van der Waals surface area (Å²) in [6.45, 7) is 5.33. The molecule has 5 heteroatoms. The van der Waals surface area contributed by atoms with Gasteiger partial charge in [0, 0.05) is 26.2 Å². The third kappa shape index (κ3) is 4.18. The van der Waals surface area contributed by atoms with Crippen molar-refractivity contribution in [3.8, 4) is 0 Å². The maximum absolute atomic E-state index is 5.78. The number of piperazine rings is 1. The molecule has 0 aliphatic carbocycles. The number of rotatable bonds is 5. The molecule has 0 N–H and O–H groups in total. The first-order chi connectivity index (χ1) is 10.8. The number of benzene rings is 1. The van der Waals surface area contributed by atoms with Crippen LogP contribution in [0.2, 0.25) is 5.15 Å². The highest BCUT2D eigenvalue weighted by Crippen LogP contribution is 2.14. The molecule has 0 saturated carbocycles. The second-order valence-corrected chi connectivity index (χ2v) is 6.02. The van der Waals surface area contributed by atoms with E-state index in [1.165, 1.54) is 12.0 Å². The lowest BCUT2D eigenvalue weighted by atomic mass is 10.1. The van der Waals surface area contributed by atoms with Gasteiger partial charge in [-0.05, 0) is 37.1 Å². The van der Waals surface area contributed by atoms with Crippen molar-refractivity contribution in [2.24, 2.45) is 0 Å². The van der Waals surface area contributed by atoms with E-state index in [9.17, 15) is 0 Å². The Hall–Kier alpha value is -1.65. The maximum Gasteiger partial charge on any atom is 0.151 e. The molecule has 1 saturated heterocycles. The standard InChI is InChI=1S/C17H21ClN4/c18-16-8-9-17(20-19-16)22-13-11-21(12-14-22)10-4-7-15-5-2-1-3-6-15/h1-3,5-6,8-9H,4,7,10-14H2. The molecule has 1 aromatic carbocycles. The summed E-state index contributed by atoms with van der Waals surface area (Å²) in [5, 5.41) is 8.52. The van der Waals surface area contributed by atoms with Crippen LogP contribution < -0.4 is 4.90 Å². The van der Waals surface area contributed by atoms with E-state index in [1.54, 1.807) is 6.07 Å². The average Bonchev–Trinajstić information content (AvgIpc) is 2.57. The Labute approximate surface area is 136 Å². The molecule has 0 radical (unpaired) electrons. The molecule has 116 valence electrons. The van der Waals surface area contributed by atoms with E-state index in [4.69, 9.17) is 11.6 Å². The van der Waals surface area contributed by atoms with Crippen LogP contribution in [0, 0.1) is 0 Å². The smallest absolute Gasteiger partial charge is 0.151 e. The average molecular weight is 317 g/mol. The van der Waals surface area contributed by atoms with E-state index in [0.717, 1.165) is 45.0 Å². The van der Waals surface area contributed by atoms with Crippen LogP contribution >= 0.6 is 11.6 Å². The number of anilines is 1. The first-order valence-corrected chi connectivity index (χ1v) is 8.19. The fourth-order valence-corrected chi connectivity index (χ4v) is 2.93. The van der Waals surface area contributed by atoms with Crippen LogP contribution in [0.25, 0.3) is 0 Å². The Balaban J connectivity index is 1.41. The highest BCUT2D eigenvalue weighted by molar-refractivity contribution is 6.29. The molecular formula is C17H21ClN4. The quantitative estimate of drug-likeness (QED) is 0.849. The van der Waals surface area contributed by atoms with E-state index < -0.39 is 0 Å². The molecule has 0 spiro atoms. The van der Waals surface area contributed by atoms with E-state index in [1.807, 2.05) is 6.07 Å². The maximum atomic E-state index is 5.78. The summed E-state index contributed by atoms with van der Waals surface area (Å²) in [4.78, 5) is 4.81. The molecule has 0 amide bonds. The zero-order chi connectivity index (χ0) is 15.2. The minimum absolute atomic E-state index is 0.447. The van der Waals surface area contributed by atoms with Crippen molar-refractivity contribution in [3.05, 3.63) is 53.2 Å². The van der Waals surface area contributed by atoms with Gasteiger partial charge in [-0.1, -0.05) is 41.9 Å². The second kappa shape index (κ2) is 7.56. The van der Waals surface area contributed by atoms with Crippen molar-refractivity contribution in [3.63, 3.8) is 0 Å². The van der Waals surface area contributed by atoms with Crippen molar-refractivity contribution in [1.29, 1.82) is 0 Å². The number of halogens is 1. The van der Waals surface area contributed by atoms with Crippen molar-refractivity contribution in [2.75, 3.05) is 37.6 Å². The van der Waals surface area contributed by atoms with Gasteiger partial charge in [0.1, 0.15) is 0 Å². The third-order valence-electron chi connectivity index (χ3n) is 4.10. The van der Waals surface area contributed by atoms with Gasteiger partial charge in [0.05, 0.1) is 0 Å². The summed E-state index contributed by atoms with van der Waals surface area (Å²) in [6.07, 6.45) is 2.37. The van der Waals surface area contributed by atoms with Crippen LogP contribution in [-0.4, -0.2) is 47.8 Å². The zero-order valence-electron chi connectivity index (χ0n) is 12.7. The van der Waals surface area contributed by atoms with Crippen molar-refractivity contribution >= 4 is 17.4 Å². The number of hydrogen-bond donors (Lipinski definition) is 0. The van der Waals surface area contributed by atoms with Gasteiger partial charge in [-0.25, -0.2) is 0 Å². The normalized spacial score (nSPS) is 16.0. The van der Waals surface area contributed by atoms with Crippen LogP contribution in [0.15, 0.2) is 42.5 Å². The monoisotopic (exact) mass is 316 g/mol. The largest absolute Gasteiger partial charge is 0.353 e. The van der Waals surface area contributed by atoms with Gasteiger partial charge in [0.2, 0.25) is 0 Å². The van der Waals surface area contributed by atoms with Gasteiger partial charge in [-0.3, -0.25) is 4.90 Å². The van der Waals surface area contributed by atoms with Gasteiger partial charge >= 0.3 is 0 Å². The van der Waals surface area contributed by atoms with E-state index in [-0.39, 0.29) is 0 Å². The molecule has 0 bridgehead atoms. The summed E-state index contributed by atoms with van der Waals surface area (Å²) in [7, 11) is 0. The molecule has 1 fully saturated rings. The molecule has 22 heavy (non-hydrogen) atoms. The molecule has 2 heterocycles. The molecular weight excluding hydrogens is 296 g/mol. The van der Waals surface area contributed by atoms with Gasteiger partial charge in [-0.15, -0.1) is 10.2 Å². The van der Waals surface area contributed by atoms with Crippen LogP contribution in [0.5, 0.6) is 0 Å². The molecule has 0 unspecified atom stereocenters. The molecule has 4 nitrogen and oxygen atoms in total. The number of hydrogen-bond acceptors (Lipinski definition) is 4. The number of aromatic nitrogens is 2. The van der Waals surface area contributed by atoms with Crippen LogP contribution in [-0.2, 0) is 6.42 Å². The number of nitrogens with zero attached hydrogens (tertiary/aromatic N) is 4. The molecule has 0 atom stereocenters. The second-order valence-electron chi connectivity index (χ2n) is 5.63. The SMILES string of the molecule is Clc1ccc(N2CCN(CCCc3ccccc3)CC2)nn1. The van der Waals surface area contributed by atoms with Crippen LogP contribution in [0.1, 0.15) is 12.0 Å². The van der Waals surface area contributed by atoms with E-state index in [2.05, 4.69) is 50.3 Å². The topological polar surface area (TPSA) is 32.3 Å². The van der Waals surface area contributed by atoms with Gasteiger partial charge < -0.3 is 4.90 Å². The molecule has 2 aromatic rings. The Bertz CT molecular complexity index is 565. The third-order valence-corrected chi connectivity index (χ3v) is 4.30. The summed E-state index contributed by atoms with van der Waals surface area (Å²) in [5.41, 5.74) is 1.43. The lowest BCUT2D eigenvalue weighted by Crippen LogP contribution is -2.47. The lowest BCUT2D eigenvalue weighted by Gasteiger charge is -2.35. The first-order valence-electron chi connectivity index (χ1n) is 7.82. The van der Waals surface area contributed by atoms with Crippen molar-refractivity contribution in [2.45, 2.75) is 12.8 Å². The van der Waals surface area contributed by atoms with Crippen LogP contribution in [0.4, 0.5) is 5.82 Å². The number of aryl methyl sites for hydroxylation is 1. The fraction of sp³-hybridized carbons (Fsp3) is 0.412. The zero-order valence-corrected chi connectivity index (χ0v) is 13.4. The summed E-state index contributed by atoms with van der Waals surface area (Å²) in [6, 6.07) is 14.5. The van der Waals surface area contributed by atoms with Gasteiger partial charge in [0.15, 0.2) is 11.0 Å². The van der Waals surface area contributed by atoms with E-state index >= 15 is 0 Å². The van der Waals surface area contributed by atoms with Crippen molar-refractivity contribution < 1.29 is 0 Å². The van der Waals surface area contributed by atoms with Gasteiger partial charge in [-0.2, -0.15) is 0 Å². The first kappa shape index (κ1) is 15.3. The van der Waals surface area contributed by atoms with Crippen LogP contribution in [0.3, 0.4) is 0 Å². The predicted molar refractivity (Wildman–Crippen MR) is 90.5 cm³/mol. The van der Waals surface area contributed by atoms with Crippen molar-refractivity contribution in [1.82, 2.24) is 15.1 Å². The highest BCUT2D eigenvalue weighted by Gasteiger charge is 2.17. The Kier molecular flexibility index (Phi) is 5.24. The van der Waals surface area contributed by atoms with Gasteiger partial charge in [0.25, 0.3) is 0 Å². The Morgan fingerprint density at radius 1 is 0.909 bits per heavy atom. The Morgan fingerprint density at radius 2 is 1.68 bits per heavy atom. The predicted octanol–water partition coefficient (Wildman–Crippen LogP) is 2.88. The minimum Gasteiger partial charge on any atom is -0.353 e. The molecule has 1 aliphatic rings. The molecule has 3 rings (SSSR count). The summed E-state index contributed by atoms with van der Waals surface area (Å²) < 4.78 is 0. The molecule has 1 aliphatic heterocycles.